The lowest BCUT2D eigenvalue weighted by Gasteiger charge is -2.30. The molecule has 114 valence electrons. The second-order valence-electron chi connectivity index (χ2n) is 5.90. The number of hydrogen-bond donors (Lipinski definition) is 2. The molecule has 0 spiro atoms. The monoisotopic (exact) mass is 284 g/mol. The van der Waals surface area contributed by atoms with Gasteiger partial charge in [0, 0.05) is 12.6 Å². The van der Waals surface area contributed by atoms with Gasteiger partial charge in [-0.05, 0) is 32.1 Å². The minimum Gasteiger partial charge on any atom is -0.481 e. The van der Waals surface area contributed by atoms with Crippen molar-refractivity contribution in [3.8, 4) is 0 Å². The third-order valence-corrected chi connectivity index (χ3v) is 4.39. The van der Waals surface area contributed by atoms with Gasteiger partial charge in [-0.2, -0.15) is 0 Å². The highest BCUT2D eigenvalue weighted by Crippen LogP contribution is 2.25. The van der Waals surface area contributed by atoms with E-state index >= 15 is 0 Å². The van der Waals surface area contributed by atoms with Gasteiger partial charge in [-0.25, -0.2) is 4.79 Å². The van der Waals surface area contributed by atoms with E-state index in [0.29, 0.717) is 19.1 Å². The first-order valence-electron chi connectivity index (χ1n) is 7.40. The number of rotatable bonds is 4. The highest BCUT2D eigenvalue weighted by molar-refractivity contribution is 5.77. The van der Waals surface area contributed by atoms with E-state index in [1.807, 2.05) is 6.92 Å². The summed E-state index contributed by atoms with van der Waals surface area (Å²) in [5, 5.41) is 12.2. The van der Waals surface area contributed by atoms with E-state index in [2.05, 4.69) is 12.2 Å². The van der Waals surface area contributed by atoms with Crippen molar-refractivity contribution in [2.75, 3.05) is 19.8 Å². The lowest BCUT2D eigenvalue weighted by molar-refractivity contribution is -0.142. The Balaban J connectivity index is 1.96. The molecule has 2 aliphatic rings. The molecular formula is C14H24N2O4. The second kappa shape index (κ2) is 6.43. The Labute approximate surface area is 119 Å². The molecule has 0 aromatic heterocycles. The van der Waals surface area contributed by atoms with Crippen LogP contribution in [0, 0.1) is 11.8 Å². The molecule has 6 nitrogen and oxygen atoms in total. The first-order chi connectivity index (χ1) is 9.52. The standard InChI is InChI=1S/C14H24N2O4/c1-3-16(12-8-20-7-11(12)13(17)18)14(19)15-10-5-4-9(2)6-10/h9-12H,3-8H2,1-2H3,(H,15,19)(H,17,18). The molecule has 2 fully saturated rings. The average Bonchev–Trinajstić information content (AvgIpc) is 3.00. The van der Waals surface area contributed by atoms with E-state index < -0.39 is 11.9 Å². The molecule has 4 atom stereocenters. The minimum absolute atomic E-state index is 0.159. The highest BCUT2D eigenvalue weighted by atomic mass is 16.5. The third-order valence-electron chi connectivity index (χ3n) is 4.39. The maximum absolute atomic E-state index is 12.4. The van der Waals surface area contributed by atoms with Gasteiger partial charge in [0.25, 0.3) is 0 Å². The van der Waals surface area contributed by atoms with Crippen LogP contribution in [0.1, 0.15) is 33.1 Å². The number of hydrogen-bond acceptors (Lipinski definition) is 3. The topological polar surface area (TPSA) is 78.9 Å². The van der Waals surface area contributed by atoms with Crippen LogP contribution in [0.5, 0.6) is 0 Å². The number of urea groups is 1. The third kappa shape index (κ3) is 3.23. The van der Waals surface area contributed by atoms with Crippen LogP contribution in [0.15, 0.2) is 0 Å². The first kappa shape index (κ1) is 15.1. The molecule has 1 aliphatic carbocycles. The van der Waals surface area contributed by atoms with Crippen molar-refractivity contribution in [2.24, 2.45) is 11.8 Å². The van der Waals surface area contributed by atoms with E-state index in [0.717, 1.165) is 19.3 Å². The number of carboxylic acid groups (broad SMARTS) is 1. The summed E-state index contributed by atoms with van der Waals surface area (Å²) in [6.07, 6.45) is 3.15. The Morgan fingerprint density at radius 2 is 2.10 bits per heavy atom. The molecule has 2 amide bonds. The van der Waals surface area contributed by atoms with Gasteiger partial charge >= 0.3 is 12.0 Å². The van der Waals surface area contributed by atoms with Gasteiger partial charge in [0.05, 0.1) is 19.3 Å². The Morgan fingerprint density at radius 3 is 2.65 bits per heavy atom. The molecule has 20 heavy (non-hydrogen) atoms. The van der Waals surface area contributed by atoms with E-state index in [1.54, 1.807) is 4.90 Å². The Morgan fingerprint density at radius 1 is 1.35 bits per heavy atom. The van der Waals surface area contributed by atoms with Gasteiger partial charge in [0.1, 0.15) is 5.92 Å². The van der Waals surface area contributed by atoms with Crippen molar-refractivity contribution >= 4 is 12.0 Å². The first-order valence-corrected chi connectivity index (χ1v) is 7.40. The maximum Gasteiger partial charge on any atom is 0.317 e. The SMILES string of the molecule is CCN(C(=O)NC1CCC(C)C1)C1COCC1C(=O)O. The summed E-state index contributed by atoms with van der Waals surface area (Å²) < 4.78 is 5.25. The average molecular weight is 284 g/mol. The number of aliphatic carboxylic acids is 1. The fraction of sp³-hybridized carbons (Fsp3) is 0.857. The van der Waals surface area contributed by atoms with Crippen LogP contribution in [-0.4, -0.2) is 53.8 Å². The van der Waals surface area contributed by atoms with Gasteiger partial charge in [0.2, 0.25) is 0 Å². The predicted octanol–water partition coefficient (Wildman–Crippen LogP) is 1.31. The summed E-state index contributed by atoms with van der Waals surface area (Å²) in [5.74, 6) is -0.867. The van der Waals surface area contributed by atoms with Gasteiger partial charge < -0.3 is 20.1 Å². The van der Waals surface area contributed by atoms with E-state index in [4.69, 9.17) is 4.74 Å². The predicted molar refractivity (Wildman–Crippen MR) is 73.4 cm³/mol. The molecule has 1 heterocycles. The van der Waals surface area contributed by atoms with E-state index in [-0.39, 0.29) is 24.7 Å². The van der Waals surface area contributed by atoms with Crippen molar-refractivity contribution in [3.05, 3.63) is 0 Å². The van der Waals surface area contributed by atoms with Crippen LogP contribution >= 0.6 is 0 Å². The maximum atomic E-state index is 12.4. The molecule has 0 aromatic rings. The van der Waals surface area contributed by atoms with Crippen LogP contribution in [0.3, 0.4) is 0 Å². The van der Waals surface area contributed by atoms with Crippen LogP contribution in [-0.2, 0) is 9.53 Å². The normalized spacial score (nSPS) is 33.1. The number of carbonyl (C=O) groups is 2. The summed E-state index contributed by atoms with van der Waals surface area (Å²) in [7, 11) is 0. The number of nitrogens with zero attached hydrogens (tertiary/aromatic N) is 1. The lowest BCUT2D eigenvalue weighted by Crippen LogP contribution is -2.52. The summed E-state index contributed by atoms with van der Waals surface area (Å²) >= 11 is 0. The summed E-state index contributed by atoms with van der Waals surface area (Å²) in [4.78, 5) is 25.2. The Kier molecular flexibility index (Phi) is 4.86. The highest BCUT2D eigenvalue weighted by Gasteiger charge is 2.40. The summed E-state index contributed by atoms with van der Waals surface area (Å²) in [5.41, 5.74) is 0. The van der Waals surface area contributed by atoms with E-state index in [9.17, 15) is 14.7 Å². The van der Waals surface area contributed by atoms with Crippen molar-refractivity contribution in [2.45, 2.75) is 45.2 Å². The molecule has 0 bridgehead atoms. The number of carboxylic acids is 1. The van der Waals surface area contributed by atoms with Crippen molar-refractivity contribution in [3.63, 3.8) is 0 Å². The van der Waals surface area contributed by atoms with Gasteiger partial charge in [-0.3, -0.25) is 4.79 Å². The van der Waals surface area contributed by atoms with Crippen molar-refractivity contribution in [1.29, 1.82) is 0 Å². The second-order valence-corrected chi connectivity index (χ2v) is 5.90. The molecule has 1 saturated heterocycles. The molecule has 0 radical (unpaired) electrons. The quantitative estimate of drug-likeness (QED) is 0.815. The van der Waals surface area contributed by atoms with Crippen LogP contribution in [0.4, 0.5) is 4.79 Å². The number of amides is 2. The summed E-state index contributed by atoms with van der Waals surface area (Å²) in [6, 6.07) is -0.304. The van der Waals surface area contributed by atoms with Gasteiger partial charge in [0.15, 0.2) is 0 Å². The number of carbonyl (C=O) groups excluding carboxylic acids is 1. The zero-order valence-electron chi connectivity index (χ0n) is 12.2. The number of likely N-dealkylation sites (N-methyl/N-ethyl adjacent to an activating group) is 1. The van der Waals surface area contributed by atoms with Crippen molar-refractivity contribution in [1.82, 2.24) is 10.2 Å². The van der Waals surface area contributed by atoms with Crippen LogP contribution < -0.4 is 5.32 Å². The Bertz CT molecular complexity index is 374. The molecule has 4 unspecified atom stereocenters. The fourth-order valence-electron chi connectivity index (χ4n) is 3.21. The van der Waals surface area contributed by atoms with E-state index in [1.165, 1.54) is 0 Å². The number of ether oxygens (including phenoxy) is 1. The molecule has 1 saturated carbocycles. The van der Waals surface area contributed by atoms with Gasteiger partial charge in [-0.15, -0.1) is 0 Å². The molecule has 1 aliphatic heterocycles. The van der Waals surface area contributed by atoms with Crippen LogP contribution in [0.2, 0.25) is 0 Å². The lowest BCUT2D eigenvalue weighted by atomic mass is 10.0. The Hall–Kier alpha value is -1.30. The molecule has 6 heteroatoms. The molecule has 2 N–H and O–H groups in total. The largest absolute Gasteiger partial charge is 0.481 e. The minimum atomic E-state index is -0.895. The zero-order chi connectivity index (χ0) is 14.7. The smallest absolute Gasteiger partial charge is 0.317 e. The number of nitrogens with one attached hydrogen (secondary N) is 1. The van der Waals surface area contributed by atoms with Crippen LogP contribution in [0.25, 0.3) is 0 Å². The molecular weight excluding hydrogens is 260 g/mol. The van der Waals surface area contributed by atoms with Crippen molar-refractivity contribution < 1.29 is 19.4 Å². The zero-order valence-corrected chi connectivity index (χ0v) is 12.2. The molecule has 2 rings (SSSR count). The summed E-state index contributed by atoms with van der Waals surface area (Å²) in [6.45, 7) is 5.04. The molecule has 0 aromatic carbocycles. The van der Waals surface area contributed by atoms with Gasteiger partial charge in [-0.1, -0.05) is 6.92 Å². The fourth-order valence-corrected chi connectivity index (χ4v) is 3.21.